The Morgan fingerprint density at radius 3 is 1.98 bits per heavy atom. The smallest absolute Gasteiger partial charge is 0.160 e. The lowest BCUT2D eigenvalue weighted by atomic mass is 9.97. The molecular formula is C46H27N3S. The number of pyridine rings is 1. The molecule has 0 fully saturated rings. The van der Waals surface area contributed by atoms with Gasteiger partial charge >= 0.3 is 0 Å². The van der Waals surface area contributed by atoms with E-state index in [1.807, 2.05) is 11.3 Å². The van der Waals surface area contributed by atoms with Crippen LogP contribution in [-0.2, 0) is 0 Å². The first-order valence-corrected chi connectivity index (χ1v) is 17.7. The molecule has 0 atom stereocenters. The summed E-state index contributed by atoms with van der Waals surface area (Å²) in [7, 11) is 0. The van der Waals surface area contributed by atoms with Crippen LogP contribution in [0.4, 0.5) is 0 Å². The molecule has 0 N–H and O–H groups in total. The maximum absolute atomic E-state index is 5.35. The molecule has 4 heterocycles. The van der Waals surface area contributed by atoms with Crippen molar-refractivity contribution in [3.8, 4) is 33.8 Å². The standard InChI is InChI=1S/C46H27N3S/c1-3-14-29(15-4-1)40-34-19-9-11-21-38(34)49-44(40)33-25-24-31(27-37(33)41-35-20-10-12-22-39(35)50-46(41)49)45-47-42(30-16-5-2-6-17-30)36-26-23-28-13-7-8-18-32(28)43(36)48-45/h1-27H. The number of thiophene rings is 1. The van der Waals surface area contributed by atoms with E-state index >= 15 is 0 Å². The highest BCUT2D eigenvalue weighted by molar-refractivity contribution is 7.25. The Labute approximate surface area is 291 Å². The van der Waals surface area contributed by atoms with Crippen molar-refractivity contribution in [1.82, 2.24) is 14.4 Å². The lowest BCUT2D eigenvalue weighted by Crippen LogP contribution is -1.96. The van der Waals surface area contributed by atoms with Gasteiger partial charge in [0.25, 0.3) is 0 Å². The van der Waals surface area contributed by atoms with Gasteiger partial charge in [-0.05, 0) is 40.6 Å². The molecule has 0 saturated heterocycles. The number of para-hydroxylation sites is 1. The third-order valence-electron chi connectivity index (χ3n) is 10.2. The summed E-state index contributed by atoms with van der Waals surface area (Å²) in [5.41, 5.74) is 8.93. The first-order valence-electron chi connectivity index (χ1n) is 16.9. The van der Waals surface area contributed by atoms with E-state index in [-0.39, 0.29) is 0 Å². The van der Waals surface area contributed by atoms with Gasteiger partial charge in [-0.1, -0.05) is 140 Å². The SMILES string of the molecule is c1ccc(-c2nc(-c3ccc4c(c3)c3c5ccccc5sc3n3c5ccccc5c(-c5ccccc5)c43)nc3c2ccc2ccccc23)cc1. The lowest BCUT2D eigenvalue weighted by molar-refractivity contribution is 1.24. The molecule has 0 bridgehead atoms. The number of nitrogens with zero attached hydrogens (tertiary/aromatic N) is 3. The Morgan fingerprint density at radius 1 is 0.460 bits per heavy atom. The fourth-order valence-corrected chi connectivity index (χ4v) is 9.20. The predicted octanol–water partition coefficient (Wildman–Crippen LogP) is 12.7. The number of hydrogen-bond donors (Lipinski definition) is 0. The van der Waals surface area contributed by atoms with Crippen molar-refractivity contribution >= 4 is 80.5 Å². The van der Waals surface area contributed by atoms with Crippen molar-refractivity contribution < 1.29 is 0 Å². The predicted molar refractivity (Wildman–Crippen MR) is 212 cm³/mol. The highest BCUT2D eigenvalue weighted by Crippen LogP contribution is 2.47. The fourth-order valence-electron chi connectivity index (χ4n) is 7.96. The molecule has 50 heavy (non-hydrogen) atoms. The minimum absolute atomic E-state index is 0.728. The zero-order valence-electron chi connectivity index (χ0n) is 26.8. The quantitative estimate of drug-likeness (QED) is 0.178. The highest BCUT2D eigenvalue weighted by Gasteiger charge is 2.23. The van der Waals surface area contributed by atoms with Crippen molar-refractivity contribution in [2.45, 2.75) is 0 Å². The topological polar surface area (TPSA) is 30.2 Å². The number of benzene rings is 7. The molecular weight excluding hydrogens is 627 g/mol. The van der Waals surface area contributed by atoms with Gasteiger partial charge in [0.15, 0.2) is 5.82 Å². The molecule has 0 saturated carbocycles. The van der Waals surface area contributed by atoms with E-state index in [9.17, 15) is 0 Å². The molecule has 0 aliphatic carbocycles. The third kappa shape index (κ3) is 3.91. The average molecular weight is 654 g/mol. The largest absolute Gasteiger partial charge is 0.299 e. The second-order valence-electron chi connectivity index (χ2n) is 12.9. The molecule has 3 nitrogen and oxygen atoms in total. The Kier molecular flexibility index (Phi) is 5.83. The van der Waals surface area contributed by atoms with Crippen LogP contribution in [0.5, 0.6) is 0 Å². The second-order valence-corrected chi connectivity index (χ2v) is 14.0. The van der Waals surface area contributed by atoms with Gasteiger partial charge in [0.05, 0.1) is 22.2 Å². The molecule has 11 rings (SSSR count). The van der Waals surface area contributed by atoms with Gasteiger partial charge < -0.3 is 0 Å². The first kappa shape index (κ1) is 27.6. The summed E-state index contributed by atoms with van der Waals surface area (Å²) in [4.78, 5) is 11.9. The Morgan fingerprint density at radius 2 is 1.14 bits per heavy atom. The van der Waals surface area contributed by atoms with Gasteiger partial charge in [-0.2, -0.15) is 0 Å². The molecule has 0 amide bonds. The van der Waals surface area contributed by atoms with E-state index in [0.29, 0.717) is 0 Å². The Hall–Kier alpha value is -6.36. The minimum Gasteiger partial charge on any atom is -0.299 e. The molecule has 0 radical (unpaired) electrons. The second kappa shape index (κ2) is 10.6. The molecule has 11 aromatic rings. The maximum atomic E-state index is 5.35. The summed E-state index contributed by atoms with van der Waals surface area (Å²) >= 11 is 1.87. The summed E-state index contributed by atoms with van der Waals surface area (Å²) in [6.07, 6.45) is 0. The van der Waals surface area contributed by atoms with Gasteiger partial charge in [0, 0.05) is 53.7 Å². The normalized spacial score (nSPS) is 12.0. The van der Waals surface area contributed by atoms with Crippen molar-refractivity contribution in [2.24, 2.45) is 0 Å². The van der Waals surface area contributed by atoms with E-state index in [4.69, 9.17) is 9.97 Å². The number of rotatable bonds is 3. The van der Waals surface area contributed by atoms with Crippen LogP contribution in [0.3, 0.4) is 0 Å². The molecule has 4 heteroatoms. The van der Waals surface area contributed by atoms with Crippen LogP contribution in [0.15, 0.2) is 164 Å². The van der Waals surface area contributed by atoms with Crippen molar-refractivity contribution in [3.63, 3.8) is 0 Å². The zero-order chi connectivity index (χ0) is 32.8. The molecule has 0 unspecified atom stereocenters. The minimum atomic E-state index is 0.728. The fraction of sp³-hybridized carbons (Fsp3) is 0. The van der Waals surface area contributed by atoms with E-state index in [1.165, 1.54) is 64.0 Å². The van der Waals surface area contributed by atoms with Crippen LogP contribution < -0.4 is 0 Å². The lowest BCUT2D eigenvalue weighted by Gasteiger charge is -2.13. The van der Waals surface area contributed by atoms with Gasteiger partial charge in [-0.25, -0.2) is 9.97 Å². The monoisotopic (exact) mass is 653 g/mol. The summed E-state index contributed by atoms with van der Waals surface area (Å²) in [5.74, 6) is 0.728. The van der Waals surface area contributed by atoms with Crippen LogP contribution >= 0.6 is 11.3 Å². The van der Waals surface area contributed by atoms with Crippen LogP contribution in [0.2, 0.25) is 0 Å². The van der Waals surface area contributed by atoms with Crippen LogP contribution in [0.25, 0.3) is 103 Å². The van der Waals surface area contributed by atoms with E-state index in [2.05, 4.69) is 168 Å². The summed E-state index contributed by atoms with van der Waals surface area (Å²) in [6.45, 7) is 0. The van der Waals surface area contributed by atoms with Crippen LogP contribution in [0.1, 0.15) is 0 Å². The third-order valence-corrected chi connectivity index (χ3v) is 11.3. The first-order chi connectivity index (χ1) is 24.8. The molecule has 0 aliphatic heterocycles. The summed E-state index contributed by atoms with van der Waals surface area (Å²) < 4.78 is 3.78. The number of hydrogen-bond acceptors (Lipinski definition) is 3. The van der Waals surface area contributed by atoms with Gasteiger partial charge in [0.1, 0.15) is 4.83 Å². The summed E-state index contributed by atoms with van der Waals surface area (Å²) in [6, 6.07) is 58.7. The van der Waals surface area contributed by atoms with Gasteiger partial charge in [0.2, 0.25) is 0 Å². The van der Waals surface area contributed by atoms with E-state index in [1.54, 1.807) is 0 Å². The highest BCUT2D eigenvalue weighted by atomic mass is 32.1. The van der Waals surface area contributed by atoms with E-state index in [0.717, 1.165) is 38.9 Å². The van der Waals surface area contributed by atoms with Crippen molar-refractivity contribution in [1.29, 1.82) is 0 Å². The Bertz CT molecular complexity index is 3140. The molecule has 232 valence electrons. The van der Waals surface area contributed by atoms with Crippen LogP contribution in [-0.4, -0.2) is 14.4 Å². The van der Waals surface area contributed by atoms with E-state index < -0.39 is 0 Å². The zero-order valence-corrected chi connectivity index (χ0v) is 27.7. The van der Waals surface area contributed by atoms with Gasteiger partial charge in [-0.3, -0.25) is 4.40 Å². The number of aromatic nitrogens is 3. The summed E-state index contributed by atoms with van der Waals surface area (Å²) in [5, 5.41) is 9.58. The molecule has 7 aromatic carbocycles. The van der Waals surface area contributed by atoms with Crippen LogP contribution in [0, 0.1) is 0 Å². The maximum Gasteiger partial charge on any atom is 0.160 e. The Balaban J connectivity index is 1.30. The van der Waals surface area contributed by atoms with Crippen molar-refractivity contribution in [3.05, 3.63) is 164 Å². The molecule has 4 aromatic heterocycles. The van der Waals surface area contributed by atoms with Crippen molar-refractivity contribution in [2.75, 3.05) is 0 Å². The van der Waals surface area contributed by atoms with Gasteiger partial charge in [-0.15, -0.1) is 11.3 Å². The average Bonchev–Trinajstić information content (AvgIpc) is 3.75. The molecule has 0 aliphatic rings. The molecule has 0 spiro atoms. The number of fused-ring (bicyclic) bond motifs is 13.